The third kappa shape index (κ3) is 5.20. The van der Waals surface area contributed by atoms with Crippen molar-refractivity contribution in [1.29, 1.82) is 0 Å². The molecule has 1 saturated heterocycles. The molecule has 1 fully saturated rings. The molecule has 0 radical (unpaired) electrons. The number of piperidine rings is 1. The topological polar surface area (TPSA) is 58.4 Å². The van der Waals surface area contributed by atoms with E-state index >= 15 is 0 Å². The van der Waals surface area contributed by atoms with E-state index in [-0.39, 0.29) is 18.3 Å². The lowest BCUT2D eigenvalue weighted by atomic mass is 9.93. The van der Waals surface area contributed by atoms with Gasteiger partial charge in [0.05, 0.1) is 6.54 Å². The number of hydrogen-bond acceptors (Lipinski definition) is 4. The average Bonchev–Trinajstić information content (AvgIpc) is 2.90. The minimum Gasteiger partial charge on any atom is -0.364 e. The molecule has 0 bridgehead atoms. The lowest BCUT2D eigenvalue weighted by Crippen LogP contribution is -2.30. The van der Waals surface area contributed by atoms with Gasteiger partial charge in [0.25, 0.3) is 0 Å². The molecule has 1 aliphatic rings. The second kappa shape index (κ2) is 8.17. The van der Waals surface area contributed by atoms with E-state index in [9.17, 15) is 4.79 Å². The molecule has 2 heterocycles. The smallest absolute Gasteiger partial charge is 0.222 e. The van der Waals surface area contributed by atoms with Gasteiger partial charge in [0.15, 0.2) is 0 Å². The first-order valence-corrected chi connectivity index (χ1v) is 6.59. The number of aromatic nitrogens is 1. The fraction of sp³-hybridized carbons (Fsp3) is 0.692. The Balaban J connectivity index is 0.00000180. The highest BCUT2D eigenvalue weighted by molar-refractivity contribution is 5.85. The highest BCUT2D eigenvalue weighted by atomic mass is 35.5. The van der Waals surface area contributed by atoms with Crippen molar-refractivity contribution in [3.63, 3.8) is 0 Å². The fourth-order valence-electron chi connectivity index (χ4n) is 2.34. The number of hydrogen-bond donors (Lipinski definition) is 1. The van der Waals surface area contributed by atoms with Gasteiger partial charge in [0.1, 0.15) is 12.0 Å². The van der Waals surface area contributed by atoms with Crippen LogP contribution in [0, 0.1) is 5.92 Å². The number of carbonyl (C=O) groups is 1. The predicted molar refractivity (Wildman–Crippen MR) is 75.1 cm³/mol. The SMILES string of the molecule is CN(Cc1ccon1)C(=O)CCC1CCNCC1.Cl. The van der Waals surface area contributed by atoms with E-state index < -0.39 is 0 Å². The Morgan fingerprint density at radius 2 is 2.26 bits per heavy atom. The monoisotopic (exact) mass is 287 g/mol. The summed E-state index contributed by atoms with van der Waals surface area (Å²) in [5, 5.41) is 7.15. The summed E-state index contributed by atoms with van der Waals surface area (Å²) in [6, 6.07) is 1.79. The summed E-state index contributed by atoms with van der Waals surface area (Å²) in [5.41, 5.74) is 0.799. The third-order valence-corrected chi connectivity index (χ3v) is 3.54. The van der Waals surface area contributed by atoms with E-state index in [0.29, 0.717) is 18.9 Å². The molecule has 1 amide bonds. The maximum atomic E-state index is 12.0. The molecule has 0 aliphatic carbocycles. The van der Waals surface area contributed by atoms with Crippen LogP contribution in [-0.4, -0.2) is 36.1 Å². The molecule has 1 N–H and O–H groups in total. The van der Waals surface area contributed by atoms with Crippen LogP contribution < -0.4 is 5.32 Å². The van der Waals surface area contributed by atoms with Gasteiger partial charge in [-0.05, 0) is 38.3 Å². The molecule has 0 saturated carbocycles. The minimum atomic E-state index is 0. The van der Waals surface area contributed by atoms with Crippen LogP contribution in [-0.2, 0) is 11.3 Å². The lowest BCUT2D eigenvalue weighted by Gasteiger charge is -2.23. The van der Waals surface area contributed by atoms with Crippen molar-refractivity contribution < 1.29 is 9.32 Å². The highest BCUT2D eigenvalue weighted by Gasteiger charge is 2.16. The molecule has 0 atom stereocenters. The molecule has 1 aromatic rings. The Hall–Kier alpha value is -1.07. The molecule has 6 heteroatoms. The zero-order valence-corrected chi connectivity index (χ0v) is 12.1. The van der Waals surface area contributed by atoms with Gasteiger partial charge in [-0.25, -0.2) is 0 Å². The maximum absolute atomic E-state index is 12.0. The highest BCUT2D eigenvalue weighted by Crippen LogP contribution is 2.18. The Bertz CT molecular complexity index is 364. The second-order valence-electron chi connectivity index (χ2n) is 4.97. The summed E-state index contributed by atoms with van der Waals surface area (Å²) in [6.45, 7) is 2.71. The van der Waals surface area contributed by atoms with Crippen LogP contribution in [0.2, 0.25) is 0 Å². The average molecular weight is 288 g/mol. The number of halogens is 1. The van der Waals surface area contributed by atoms with Crippen LogP contribution in [0.4, 0.5) is 0 Å². The molecular weight excluding hydrogens is 266 g/mol. The zero-order chi connectivity index (χ0) is 12.8. The van der Waals surface area contributed by atoms with Gasteiger partial charge in [-0.3, -0.25) is 4.79 Å². The van der Waals surface area contributed by atoms with Crippen LogP contribution in [0.25, 0.3) is 0 Å². The zero-order valence-electron chi connectivity index (χ0n) is 11.3. The van der Waals surface area contributed by atoms with Crippen molar-refractivity contribution in [2.24, 2.45) is 5.92 Å². The molecule has 1 aromatic heterocycles. The Morgan fingerprint density at radius 3 is 2.89 bits per heavy atom. The van der Waals surface area contributed by atoms with E-state index in [1.807, 2.05) is 7.05 Å². The minimum absolute atomic E-state index is 0. The molecule has 0 unspecified atom stereocenters. The van der Waals surface area contributed by atoms with Gasteiger partial charge in [-0.1, -0.05) is 5.16 Å². The van der Waals surface area contributed by atoms with Crippen LogP contribution in [0.1, 0.15) is 31.4 Å². The first-order chi connectivity index (χ1) is 8.75. The quantitative estimate of drug-likeness (QED) is 0.898. The first-order valence-electron chi connectivity index (χ1n) is 6.59. The maximum Gasteiger partial charge on any atom is 0.222 e. The van der Waals surface area contributed by atoms with E-state index in [4.69, 9.17) is 4.52 Å². The molecule has 0 spiro atoms. The van der Waals surface area contributed by atoms with Crippen molar-refractivity contribution in [2.45, 2.75) is 32.2 Å². The van der Waals surface area contributed by atoms with Gasteiger partial charge in [0, 0.05) is 19.5 Å². The normalized spacial score (nSPS) is 15.8. The molecular formula is C13H22ClN3O2. The van der Waals surface area contributed by atoms with E-state index in [1.165, 1.54) is 19.1 Å². The van der Waals surface area contributed by atoms with Crippen LogP contribution in [0.5, 0.6) is 0 Å². The van der Waals surface area contributed by atoms with Crippen molar-refractivity contribution in [3.8, 4) is 0 Å². The van der Waals surface area contributed by atoms with Crippen molar-refractivity contribution in [2.75, 3.05) is 20.1 Å². The van der Waals surface area contributed by atoms with Crippen LogP contribution >= 0.6 is 12.4 Å². The Kier molecular flexibility index (Phi) is 6.87. The summed E-state index contributed by atoms with van der Waals surface area (Å²) >= 11 is 0. The number of nitrogens with zero attached hydrogens (tertiary/aromatic N) is 2. The molecule has 0 aromatic carbocycles. The first kappa shape index (κ1) is 16.0. The number of nitrogens with one attached hydrogen (secondary N) is 1. The summed E-state index contributed by atoms with van der Waals surface area (Å²) in [5.74, 6) is 0.896. The summed E-state index contributed by atoms with van der Waals surface area (Å²) < 4.78 is 4.76. The standard InChI is InChI=1S/C13H21N3O2.ClH/c1-16(10-12-6-9-18-15-12)13(17)3-2-11-4-7-14-8-5-11;/h6,9,11,14H,2-5,7-8,10H2,1H3;1H. The summed E-state index contributed by atoms with van der Waals surface area (Å²) in [7, 11) is 1.82. The molecule has 1 aliphatic heterocycles. The van der Waals surface area contributed by atoms with Gasteiger partial charge < -0.3 is 14.7 Å². The Labute approximate surface area is 120 Å². The van der Waals surface area contributed by atoms with E-state index in [1.54, 1.807) is 11.0 Å². The second-order valence-corrected chi connectivity index (χ2v) is 4.97. The fourth-order valence-corrected chi connectivity index (χ4v) is 2.34. The summed E-state index contributed by atoms with van der Waals surface area (Å²) in [4.78, 5) is 13.7. The molecule has 19 heavy (non-hydrogen) atoms. The Morgan fingerprint density at radius 1 is 1.53 bits per heavy atom. The largest absolute Gasteiger partial charge is 0.364 e. The van der Waals surface area contributed by atoms with E-state index in [0.717, 1.165) is 25.2 Å². The van der Waals surface area contributed by atoms with Gasteiger partial charge in [0.2, 0.25) is 5.91 Å². The van der Waals surface area contributed by atoms with Gasteiger partial charge in [-0.2, -0.15) is 0 Å². The molecule has 108 valence electrons. The van der Waals surface area contributed by atoms with Crippen molar-refractivity contribution >= 4 is 18.3 Å². The predicted octanol–water partition coefficient (Wildman–Crippen LogP) is 1.83. The van der Waals surface area contributed by atoms with Crippen molar-refractivity contribution in [1.82, 2.24) is 15.4 Å². The number of rotatable bonds is 5. The van der Waals surface area contributed by atoms with Gasteiger partial charge >= 0.3 is 0 Å². The van der Waals surface area contributed by atoms with Crippen LogP contribution in [0.15, 0.2) is 16.9 Å². The van der Waals surface area contributed by atoms with Crippen LogP contribution in [0.3, 0.4) is 0 Å². The van der Waals surface area contributed by atoms with Gasteiger partial charge in [-0.15, -0.1) is 12.4 Å². The summed E-state index contributed by atoms with van der Waals surface area (Å²) in [6.07, 6.45) is 5.56. The number of amides is 1. The number of carbonyl (C=O) groups excluding carboxylic acids is 1. The molecule has 5 nitrogen and oxygen atoms in total. The third-order valence-electron chi connectivity index (χ3n) is 3.54. The lowest BCUT2D eigenvalue weighted by molar-refractivity contribution is -0.130. The molecule has 2 rings (SSSR count). The van der Waals surface area contributed by atoms with Crippen molar-refractivity contribution in [3.05, 3.63) is 18.0 Å². The van der Waals surface area contributed by atoms with E-state index in [2.05, 4.69) is 10.5 Å².